The fraction of sp³-hybridized carbons (Fsp3) is 0.385. The van der Waals surface area contributed by atoms with E-state index in [4.69, 9.17) is 5.11 Å². The number of methoxy groups -OCH3 is 1. The highest BCUT2D eigenvalue weighted by atomic mass is 19.3. The van der Waals surface area contributed by atoms with Gasteiger partial charge in [-0.2, -0.15) is 13.9 Å². The molecule has 0 aliphatic heterocycles. The molecule has 108 valence electrons. The lowest BCUT2D eigenvalue weighted by Crippen LogP contribution is -2.15. The average molecular weight is 284 g/mol. The van der Waals surface area contributed by atoms with Crippen molar-refractivity contribution in [3.8, 4) is 0 Å². The lowest BCUT2D eigenvalue weighted by molar-refractivity contribution is -0.204. The molecule has 0 amide bonds. The van der Waals surface area contributed by atoms with Gasteiger partial charge in [0.15, 0.2) is 0 Å². The highest BCUT2D eigenvalue weighted by Crippen LogP contribution is 2.21. The number of alkyl halides is 2. The molecule has 5 nitrogen and oxygen atoms in total. The first-order valence-electron chi connectivity index (χ1n) is 6.05. The first kappa shape index (κ1) is 14.4. The largest absolute Gasteiger partial charge is 0.465 e. The molecule has 0 atom stereocenters. The van der Waals surface area contributed by atoms with Gasteiger partial charge in [-0.3, -0.25) is 4.68 Å². The zero-order valence-corrected chi connectivity index (χ0v) is 10.8. The molecule has 0 radical (unpaired) electrons. The van der Waals surface area contributed by atoms with E-state index < -0.39 is 18.5 Å². The monoisotopic (exact) mass is 284 g/mol. The Morgan fingerprint density at radius 3 is 2.90 bits per heavy atom. The van der Waals surface area contributed by atoms with Gasteiger partial charge >= 0.3 is 12.1 Å². The van der Waals surface area contributed by atoms with Crippen molar-refractivity contribution in [2.45, 2.75) is 25.5 Å². The zero-order valence-electron chi connectivity index (χ0n) is 10.8. The normalized spacial score (nSPS) is 11.8. The Morgan fingerprint density at radius 2 is 2.25 bits per heavy atom. The van der Waals surface area contributed by atoms with Crippen molar-refractivity contribution in [1.82, 2.24) is 9.78 Å². The lowest BCUT2D eigenvalue weighted by atomic mass is 10.1. The van der Waals surface area contributed by atoms with E-state index in [0.717, 1.165) is 0 Å². The van der Waals surface area contributed by atoms with Crippen molar-refractivity contribution in [3.05, 3.63) is 30.0 Å². The number of benzene rings is 1. The van der Waals surface area contributed by atoms with Crippen LogP contribution in [0.3, 0.4) is 0 Å². The van der Waals surface area contributed by atoms with Crippen LogP contribution in [0.4, 0.5) is 8.78 Å². The summed E-state index contributed by atoms with van der Waals surface area (Å²) < 4.78 is 30.9. The predicted octanol–water partition coefficient (Wildman–Crippen LogP) is 2.19. The van der Waals surface area contributed by atoms with Gasteiger partial charge in [0.2, 0.25) is 0 Å². The van der Waals surface area contributed by atoms with Gasteiger partial charge in [-0.15, -0.1) is 0 Å². The molecule has 2 aromatic rings. The second kappa shape index (κ2) is 5.54. The zero-order chi connectivity index (χ0) is 14.8. The minimum Gasteiger partial charge on any atom is -0.465 e. The summed E-state index contributed by atoms with van der Waals surface area (Å²) >= 11 is 0. The standard InChI is InChI=1S/C13H14F2N2O3/c1-20-12(18)9-4-2-5-11-10(9)8-16-17(11)7-3-6-13(14,15)19/h2,4-5,8,19H,3,6-7H2,1H3. The third-order valence-corrected chi connectivity index (χ3v) is 2.94. The number of rotatable bonds is 5. The minimum absolute atomic E-state index is 0.0722. The van der Waals surface area contributed by atoms with Crippen LogP contribution in [0.2, 0.25) is 0 Å². The average Bonchev–Trinajstić information content (AvgIpc) is 2.80. The molecule has 0 bridgehead atoms. The molecule has 2 rings (SSSR count). The summed E-state index contributed by atoms with van der Waals surface area (Å²) in [7, 11) is 1.29. The molecule has 0 unspecified atom stereocenters. The van der Waals surface area contributed by atoms with E-state index in [0.29, 0.717) is 16.5 Å². The van der Waals surface area contributed by atoms with E-state index in [1.165, 1.54) is 18.0 Å². The molecular weight excluding hydrogens is 270 g/mol. The van der Waals surface area contributed by atoms with Gasteiger partial charge in [0.1, 0.15) is 0 Å². The number of carbonyl (C=O) groups excluding carboxylic acids is 1. The van der Waals surface area contributed by atoms with Gasteiger partial charge in [0, 0.05) is 18.4 Å². The van der Waals surface area contributed by atoms with Gasteiger partial charge in [0.05, 0.1) is 24.4 Å². The Hall–Kier alpha value is -2.02. The maximum atomic E-state index is 12.3. The first-order valence-corrected chi connectivity index (χ1v) is 6.05. The number of aliphatic hydroxyl groups is 1. The molecule has 0 aliphatic carbocycles. The number of hydrogen-bond donors (Lipinski definition) is 1. The van der Waals surface area contributed by atoms with Crippen LogP contribution >= 0.6 is 0 Å². The Morgan fingerprint density at radius 1 is 1.50 bits per heavy atom. The maximum Gasteiger partial charge on any atom is 0.353 e. The molecule has 1 aromatic carbocycles. The van der Waals surface area contributed by atoms with Crippen molar-refractivity contribution in [2.75, 3.05) is 7.11 Å². The van der Waals surface area contributed by atoms with E-state index in [1.54, 1.807) is 18.2 Å². The van der Waals surface area contributed by atoms with Crippen LogP contribution in [-0.2, 0) is 11.3 Å². The molecule has 0 saturated heterocycles. The van der Waals surface area contributed by atoms with E-state index in [2.05, 4.69) is 9.84 Å². The van der Waals surface area contributed by atoms with Crippen LogP contribution in [0.15, 0.2) is 24.4 Å². The summed E-state index contributed by atoms with van der Waals surface area (Å²) in [6, 6.07) is 5.03. The molecular formula is C13H14F2N2O3. The topological polar surface area (TPSA) is 64.3 Å². The number of ether oxygens (including phenoxy) is 1. The second-order valence-corrected chi connectivity index (χ2v) is 4.37. The number of esters is 1. The van der Waals surface area contributed by atoms with Crippen LogP contribution in [0, 0.1) is 0 Å². The fourth-order valence-corrected chi connectivity index (χ4v) is 2.01. The Kier molecular flexibility index (Phi) is 3.99. The number of aryl methyl sites for hydroxylation is 1. The van der Waals surface area contributed by atoms with Gasteiger partial charge in [-0.25, -0.2) is 4.79 Å². The summed E-state index contributed by atoms with van der Waals surface area (Å²) in [4.78, 5) is 11.6. The Bertz CT molecular complexity index is 620. The molecule has 1 aromatic heterocycles. The molecule has 1 N–H and O–H groups in total. The molecule has 7 heteroatoms. The van der Waals surface area contributed by atoms with Crippen molar-refractivity contribution in [1.29, 1.82) is 0 Å². The summed E-state index contributed by atoms with van der Waals surface area (Å²) in [6.45, 7) is 0.226. The van der Waals surface area contributed by atoms with Crippen LogP contribution in [0.5, 0.6) is 0 Å². The second-order valence-electron chi connectivity index (χ2n) is 4.37. The van der Waals surface area contributed by atoms with Gasteiger partial charge < -0.3 is 9.84 Å². The Balaban J connectivity index is 2.22. The third-order valence-electron chi connectivity index (χ3n) is 2.94. The Labute approximate surface area is 113 Å². The van der Waals surface area contributed by atoms with Gasteiger partial charge in [-0.05, 0) is 18.6 Å². The molecule has 0 saturated carbocycles. The summed E-state index contributed by atoms with van der Waals surface area (Å²) in [5.74, 6) is -0.475. The number of aromatic nitrogens is 2. The smallest absolute Gasteiger partial charge is 0.353 e. The fourth-order valence-electron chi connectivity index (χ4n) is 2.01. The number of carbonyl (C=O) groups is 1. The van der Waals surface area contributed by atoms with E-state index in [9.17, 15) is 13.6 Å². The van der Waals surface area contributed by atoms with Gasteiger partial charge in [0.25, 0.3) is 0 Å². The number of halogens is 2. The third kappa shape index (κ3) is 3.11. The molecule has 0 aliphatic rings. The van der Waals surface area contributed by atoms with Crippen LogP contribution in [-0.4, -0.2) is 34.1 Å². The predicted molar refractivity (Wildman–Crippen MR) is 67.5 cm³/mol. The van der Waals surface area contributed by atoms with Crippen molar-refractivity contribution in [3.63, 3.8) is 0 Å². The SMILES string of the molecule is COC(=O)c1cccc2c1cnn2CCCC(O)(F)F. The van der Waals surface area contributed by atoms with E-state index in [-0.39, 0.29) is 13.0 Å². The molecule has 1 heterocycles. The molecule has 0 fully saturated rings. The van der Waals surface area contributed by atoms with Crippen LogP contribution in [0.1, 0.15) is 23.2 Å². The minimum atomic E-state index is -3.67. The summed E-state index contributed by atoms with van der Waals surface area (Å²) in [5.41, 5.74) is 1.04. The number of nitrogens with zero attached hydrogens (tertiary/aromatic N) is 2. The van der Waals surface area contributed by atoms with E-state index in [1.807, 2.05) is 0 Å². The lowest BCUT2D eigenvalue weighted by Gasteiger charge is -2.08. The first-order chi connectivity index (χ1) is 9.42. The molecule has 20 heavy (non-hydrogen) atoms. The van der Waals surface area contributed by atoms with Crippen LogP contribution < -0.4 is 0 Å². The van der Waals surface area contributed by atoms with Gasteiger partial charge in [-0.1, -0.05) is 6.07 Å². The van der Waals surface area contributed by atoms with Crippen molar-refractivity contribution < 1.29 is 23.4 Å². The van der Waals surface area contributed by atoms with Crippen molar-refractivity contribution >= 4 is 16.9 Å². The summed E-state index contributed by atoms with van der Waals surface area (Å²) in [5, 5.41) is 13.1. The van der Waals surface area contributed by atoms with Crippen molar-refractivity contribution in [2.24, 2.45) is 0 Å². The number of hydrogen-bond acceptors (Lipinski definition) is 4. The van der Waals surface area contributed by atoms with Crippen LogP contribution in [0.25, 0.3) is 10.9 Å². The van der Waals surface area contributed by atoms with E-state index >= 15 is 0 Å². The summed E-state index contributed by atoms with van der Waals surface area (Å²) in [6.07, 6.45) is -2.73. The maximum absolute atomic E-state index is 12.3. The molecule has 0 spiro atoms. The highest BCUT2D eigenvalue weighted by molar-refractivity contribution is 6.03. The number of fused-ring (bicyclic) bond motifs is 1. The quantitative estimate of drug-likeness (QED) is 0.855. The highest BCUT2D eigenvalue weighted by Gasteiger charge is 2.23.